The van der Waals surface area contributed by atoms with Gasteiger partial charge in [-0.25, -0.2) is 0 Å². The second-order valence-electron chi connectivity index (χ2n) is 1.82. The van der Waals surface area contributed by atoms with Crippen molar-refractivity contribution in [2.24, 2.45) is 5.73 Å². The highest BCUT2D eigenvalue weighted by molar-refractivity contribution is 4.63. The molecule has 8 heavy (non-hydrogen) atoms. The smallest absolute Gasteiger partial charge is 0.104 e. The standard InChI is InChI=1S/C5H11NO2/c6-1-2-8-5-3-7-4-5/h5H,1-4,6H2. The summed E-state index contributed by atoms with van der Waals surface area (Å²) >= 11 is 0. The van der Waals surface area contributed by atoms with Crippen LogP contribution in [0.4, 0.5) is 0 Å². The summed E-state index contributed by atoms with van der Waals surface area (Å²) in [6, 6.07) is 0. The minimum absolute atomic E-state index is 0.332. The Hall–Kier alpha value is -0.120. The highest BCUT2D eigenvalue weighted by Gasteiger charge is 2.17. The Balaban J connectivity index is 1.86. The monoisotopic (exact) mass is 117 g/mol. The largest absolute Gasteiger partial charge is 0.376 e. The number of ether oxygens (including phenoxy) is 2. The minimum Gasteiger partial charge on any atom is -0.376 e. The van der Waals surface area contributed by atoms with Crippen LogP contribution >= 0.6 is 0 Å². The molecule has 0 unspecified atom stereocenters. The maximum atomic E-state index is 5.19. The van der Waals surface area contributed by atoms with E-state index in [1.165, 1.54) is 0 Å². The van der Waals surface area contributed by atoms with Crippen LogP contribution in [0, 0.1) is 0 Å². The third-order valence-corrected chi connectivity index (χ3v) is 1.08. The average Bonchev–Trinajstić information content (AvgIpc) is 1.63. The molecule has 0 bridgehead atoms. The summed E-state index contributed by atoms with van der Waals surface area (Å²) in [5.74, 6) is 0. The maximum Gasteiger partial charge on any atom is 0.104 e. The Morgan fingerprint density at radius 1 is 1.62 bits per heavy atom. The van der Waals surface area contributed by atoms with Crippen molar-refractivity contribution in [3.05, 3.63) is 0 Å². The first-order valence-corrected chi connectivity index (χ1v) is 2.83. The quantitative estimate of drug-likeness (QED) is 0.534. The Labute approximate surface area is 48.8 Å². The van der Waals surface area contributed by atoms with Gasteiger partial charge in [0.05, 0.1) is 19.8 Å². The van der Waals surface area contributed by atoms with Crippen LogP contribution < -0.4 is 5.73 Å². The van der Waals surface area contributed by atoms with Crippen molar-refractivity contribution in [3.8, 4) is 0 Å². The van der Waals surface area contributed by atoms with Gasteiger partial charge in [0.1, 0.15) is 6.10 Å². The molecule has 2 N–H and O–H groups in total. The first-order chi connectivity index (χ1) is 3.93. The molecule has 0 saturated carbocycles. The lowest BCUT2D eigenvalue weighted by Crippen LogP contribution is -2.37. The molecule has 3 nitrogen and oxygen atoms in total. The van der Waals surface area contributed by atoms with E-state index in [2.05, 4.69) is 0 Å². The predicted molar refractivity (Wildman–Crippen MR) is 29.6 cm³/mol. The van der Waals surface area contributed by atoms with Crippen LogP contribution in [-0.4, -0.2) is 32.5 Å². The molecule has 0 atom stereocenters. The predicted octanol–water partition coefficient (Wildman–Crippen LogP) is -0.640. The van der Waals surface area contributed by atoms with E-state index in [-0.39, 0.29) is 0 Å². The Morgan fingerprint density at radius 3 is 2.75 bits per heavy atom. The number of hydrogen-bond donors (Lipinski definition) is 1. The molecule has 1 rings (SSSR count). The molecule has 0 amide bonds. The third kappa shape index (κ3) is 1.43. The van der Waals surface area contributed by atoms with E-state index >= 15 is 0 Å². The number of nitrogens with two attached hydrogens (primary N) is 1. The molecule has 0 aromatic rings. The number of rotatable bonds is 3. The Kier molecular flexibility index (Phi) is 2.27. The molecule has 48 valence electrons. The molecule has 0 radical (unpaired) electrons. The topological polar surface area (TPSA) is 44.5 Å². The highest BCUT2D eigenvalue weighted by atomic mass is 16.6. The molecule has 1 saturated heterocycles. The molecule has 3 heteroatoms. The summed E-state index contributed by atoms with van der Waals surface area (Å²) in [5.41, 5.74) is 5.19. The second kappa shape index (κ2) is 3.02. The number of hydrogen-bond acceptors (Lipinski definition) is 3. The van der Waals surface area contributed by atoms with Gasteiger partial charge >= 0.3 is 0 Å². The molecule has 1 aliphatic rings. The van der Waals surface area contributed by atoms with Crippen LogP contribution in [0.5, 0.6) is 0 Å². The van der Waals surface area contributed by atoms with E-state index < -0.39 is 0 Å². The van der Waals surface area contributed by atoms with Crippen LogP contribution in [0.1, 0.15) is 0 Å². The fourth-order valence-corrected chi connectivity index (χ4v) is 0.545. The summed E-state index contributed by atoms with van der Waals surface area (Å²) in [6.45, 7) is 2.77. The van der Waals surface area contributed by atoms with Crippen molar-refractivity contribution in [1.82, 2.24) is 0 Å². The zero-order valence-electron chi connectivity index (χ0n) is 4.80. The fraction of sp³-hybridized carbons (Fsp3) is 1.00. The van der Waals surface area contributed by atoms with Gasteiger partial charge in [-0.15, -0.1) is 0 Å². The average molecular weight is 117 g/mol. The maximum absolute atomic E-state index is 5.19. The highest BCUT2D eigenvalue weighted by Crippen LogP contribution is 2.03. The Morgan fingerprint density at radius 2 is 2.38 bits per heavy atom. The van der Waals surface area contributed by atoms with Gasteiger partial charge in [0.25, 0.3) is 0 Å². The van der Waals surface area contributed by atoms with Crippen LogP contribution in [-0.2, 0) is 9.47 Å². The van der Waals surface area contributed by atoms with E-state index in [0.29, 0.717) is 19.3 Å². The summed E-state index contributed by atoms with van der Waals surface area (Å²) in [7, 11) is 0. The molecule has 0 aromatic heterocycles. The summed E-state index contributed by atoms with van der Waals surface area (Å²) in [4.78, 5) is 0. The zero-order valence-corrected chi connectivity index (χ0v) is 4.80. The SMILES string of the molecule is NCCOC1COC1. The van der Waals surface area contributed by atoms with Crippen LogP contribution in [0.3, 0.4) is 0 Å². The molecule has 0 aromatic carbocycles. The van der Waals surface area contributed by atoms with Gasteiger partial charge < -0.3 is 15.2 Å². The summed E-state index contributed by atoms with van der Waals surface area (Å²) in [5, 5.41) is 0. The lowest BCUT2D eigenvalue weighted by molar-refractivity contribution is -0.127. The molecule has 1 fully saturated rings. The molecular formula is C5H11NO2. The first-order valence-electron chi connectivity index (χ1n) is 2.83. The van der Waals surface area contributed by atoms with E-state index in [1.54, 1.807) is 0 Å². The van der Waals surface area contributed by atoms with Crippen molar-refractivity contribution in [2.75, 3.05) is 26.4 Å². The van der Waals surface area contributed by atoms with Crippen molar-refractivity contribution >= 4 is 0 Å². The summed E-state index contributed by atoms with van der Waals surface area (Å²) < 4.78 is 10.0. The van der Waals surface area contributed by atoms with E-state index in [0.717, 1.165) is 13.2 Å². The van der Waals surface area contributed by atoms with Gasteiger partial charge in [0.15, 0.2) is 0 Å². The van der Waals surface area contributed by atoms with Crippen molar-refractivity contribution in [3.63, 3.8) is 0 Å². The molecule has 0 aliphatic carbocycles. The van der Waals surface area contributed by atoms with E-state index in [1.807, 2.05) is 0 Å². The van der Waals surface area contributed by atoms with Gasteiger partial charge in [0, 0.05) is 6.54 Å². The van der Waals surface area contributed by atoms with Crippen molar-refractivity contribution in [1.29, 1.82) is 0 Å². The van der Waals surface area contributed by atoms with Gasteiger partial charge in [-0.05, 0) is 0 Å². The minimum atomic E-state index is 0.332. The fourth-order valence-electron chi connectivity index (χ4n) is 0.545. The van der Waals surface area contributed by atoms with Crippen LogP contribution in [0.25, 0.3) is 0 Å². The molecule has 1 heterocycles. The third-order valence-electron chi connectivity index (χ3n) is 1.08. The van der Waals surface area contributed by atoms with Gasteiger partial charge in [-0.1, -0.05) is 0 Å². The van der Waals surface area contributed by atoms with E-state index in [9.17, 15) is 0 Å². The first kappa shape index (κ1) is 6.01. The Bertz CT molecular complexity index is 63.4. The molecule has 1 aliphatic heterocycles. The normalized spacial score (nSPS) is 20.6. The van der Waals surface area contributed by atoms with Gasteiger partial charge in [-0.2, -0.15) is 0 Å². The van der Waals surface area contributed by atoms with Crippen molar-refractivity contribution in [2.45, 2.75) is 6.10 Å². The van der Waals surface area contributed by atoms with Crippen LogP contribution in [0.15, 0.2) is 0 Å². The van der Waals surface area contributed by atoms with Crippen LogP contribution in [0.2, 0.25) is 0 Å². The van der Waals surface area contributed by atoms with Gasteiger partial charge in [-0.3, -0.25) is 0 Å². The zero-order chi connectivity index (χ0) is 5.82. The lowest BCUT2D eigenvalue weighted by Gasteiger charge is -2.25. The molecular weight excluding hydrogens is 106 g/mol. The molecule has 0 spiro atoms. The van der Waals surface area contributed by atoms with E-state index in [4.69, 9.17) is 15.2 Å². The lowest BCUT2D eigenvalue weighted by atomic mass is 10.3. The summed E-state index contributed by atoms with van der Waals surface area (Å²) in [6.07, 6.45) is 0.332. The van der Waals surface area contributed by atoms with Gasteiger partial charge in [0.2, 0.25) is 0 Å². The second-order valence-corrected chi connectivity index (χ2v) is 1.82. The van der Waals surface area contributed by atoms with Crippen molar-refractivity contribution < 1.29 is 9.47 Å².